The fraction of sp³-hybridized carbons (Fsp3) is 0.154. The molecule has 2 amide bonds. The van der Waals surface area contributed by atoms with Crippen LogP contribution in [-0.2, 0) is 15.3 Å². The van der Waals surface area contributed by atoms with Gasteiger partial charge in [-0.2, -0.15) is 0 Å². The summed E-state index contributed by atoms with van der Waals surface area (Å²) < 4.78 is 10.9. The molecule has 3 aromatic rings. The predicted molar refractivity (Wildman–Crippen MR) is 128 cm³/mol. The van der Waals surface area contributed by atoms with Gasteiger partial charge in [0.15, 0.2) is 0 Å². The number of hydrogen-bond donors (Lipinski definition) is 0. The van der Waals surface area contributed by atoms with Crippen molar-refractivity contribution in [3.8, 4) is 11.5 Å². The highest BCUT2D eigenvalue weighted by Crippen LogP contribution is 2.42. The van der Waals surface area contributed by atoms with E-state index in [1.807, 2.05) is 61.5 Å². The van der Waals surface area contributed by atoms with Crippen LogP contribution in [0, 0.1) is 0 Å². The summed E-state index contributed by atoms with van der Waals surface area (Å²) in [5.74, 6) is 1.06. The van der Waals surface area contributed by atoms with Gasteiger partial charge < -0.3 is 9.47 Å². The van der Waals surface area contributed by atoms with Crippen LogP contribution in [0.15, 0.2) is 83.8 Å². The zero-order valence-electron chi connectivity index (χ0n) is 17.9. The molecule has 0 bridgehead atoms. The standard InChI is InChI=1S/C26H23NO4S/c1-3-31-20-15-13-19(14-16-20)23-24(32-17-18-9-5-4-6-10-18)26(29)27(25(23)28)21-11-7-8-12-22(21)30-2/h4-16H,3,17H2,1-2H3. The predicted octanol–water partition coefficient (Wildman–Crippen LogP) is 5.31. The molecule has 1 aliphatic rings. The number of amides is 2. The minimum atomic E-state index is -0.362. The van der Waals surface area contributed by atoms with Crippen molar-refractivity contribution in [3.63, 3.8) is 0 Å². The lowest BCUT2D eigenvalue weighted by Gasteiger charge is -2.18. The molecule has 0 aromatic heterocycles. The first kappa shape index (κ1) is 21.7. The molecule has 6 heteroatoms. The van der Waals surface area contributed by atoms with Crippen LogP contribution in [0.2, 0.25) is 0 Å². The summed E-state index contributed by atoms with van der Waals surface area (Å²) in [6.07, 6.45) is 0. The van der Waals surface area contributed by atoms with Crippen molar-refractivity contribution in [1.82, 2.24) is 0 Å². The molecule has 5 nitrogen and oxygen atoms in total. The number of hydrogen-bond acceptors (Lipinski definition) is 5. The molecule has 4 rings (SSSR count). The molecule has 0 spiro atoms. The van der Waals surface area contributed by atoms with Crippen LogP contribution in [0.4, 0.5) is 5.69 Å². The van der Waals surface area contributed by atoms with Gasteiger partial charge in [-0.15, -0.1) is 11.8 Å². The van der Waals surface area contributed by atoms with E-state index >= 15 is 0 Å². The molecule has 0 fully saturated rings. The number of rotatable bonds is 8. The molecule has 0 saturated heterocycles. The maximum Gasteiger partial charge on any atom is 0.272 e. The number of thioether (sulfide) groups is 1. The first-order valence-electron chi connectivity index (χ1n) is 10.3. The number of benzene rings is 3. The number of nitrogens with zero attached hydrogens (tertiary/aromatic N) is 1. The highest BCUT2D eigenvalue weighted by atomic mass is 32.2. The van der Waals surface area contributed by atoms with Gasteiger partial charge in [0.1, 0.15) is 11.5 Å². The quantitative estimate of drug-likeness (QED) is 0.440. The SMILES string of the molecule is CCOc1ccc(C2=C(SCc3ccccc3)C(=O)N(c3ccccc3OC)C2=O)cc1. The van der Waals surface area contributed by atoms with Crippen molar-refractivity contribution >= 4 is 34.8 Å². The highest BCUT2D eigenvalue weighted by molar-refractivity contribution is 8.03. The van der Waals surface area contributed by atoms with Crippen molar-refractivity contribution < 1.29 is 19.1 Å². The molecule has 1 aliphatic heterocycles. The van der Waals surface area contributed by atoms with Gasteiger partial charge in [-0.3, -0.25) is 9.59 Å². The topological polar surface area (TPSA) is 55.8 Å². The van der Waals surface area contributed by atoms with E-state index in [0.717, 1.165) is 5.56 Å². The zero-order valence-corrected chi connectivity index (χ0v) is 18.7. The fourth-order valence-corrected chi connectivity index (χ4v) is 4.61. The Kier molecular flexibility index (Phi) is 6.61. The summed E-state index contributed by atoms with van der Waals surface area (Å²) in [5.41, 5.74) is 2.58. The Morgan fingerprint density at radius 1 is 0.844 bits per heavy atom. The van der Waals surface area contributed by atoms with Crippen LogP contribution < -0.4 is 14.4 Å². The summed E-state index contributed by atoms with van der Waals surface area (Å²) in [7, 11) is 1.52. The van der Waals surface area contributed by atoms with Crippen LogP contribution in [-0.4, -0.2) is 25.5 Å². The largest absolute Gasteiger partial charge is 0.495 e. The third-order valence-corrected chi connectivity index (χ3v) is 6.19. The minimum Gasteiger partial charge on any atom is -0.495 e. The molecular weight excluding hydrogens is 422 g/mol. The first-order valence-corrected chi connectivity index (χ1v) is 11.3. The lowest BCUT2D eigenvalue weighted by Crippen LogP contribution is -2.31. The van der Waals surface area contributed by atoms with E-state index in [2.05, 4.69) is 0 Å². The second kappa shape index (κ2) is 9.75. The van der Waals surface area contributed by atoms with Crippen molar-refractivity contribution in [3.05, 3.63) is 94.9 Å². The van der Waals surface area contributed by atoms with Crippen LogP contribution in [0.1, 0.15) is 18.1 Å². The molecule has 162 valence electrons. The Morgan fingerprint density at radius 3 is 2.22 bits per heavy atom. The Hall–Kier alpha value is -3.51. The molecule has 1 heterocycles. The maximum atomic E-state index is 13.6. The molecule has 32 heavy (non-hydrogen) atoms. The van der Waals surface area contributed by atoms with Gasteiger partial charge in [0.25, 0.3) is 11.8 Å². The van der Waals surface area contributed by atoms with E-state index in [9.17, 15) is 9.59 Å². The summed E-state index contributed by atoms with van der Waals surface area (Å²) in [6, 6.07) is 24.2. The average molecular weight is 446 g/mol. The van der Waals surface area contributed by atoms with Crippen molar-refractivity contribution in [2.45, 2.75) is 12.7 Å². The van der Waals surface area contributed by atoms with Gasteiger partial charge in [0, 0.05) is 5.75 Å². The van der Waals surface area contributed by atoms with Gasteiger partial charge >= 0.3 is 0 Å². The van der Waals surface area contributed by atoms with Crippen LogP contribution in [0.25, 0.3) is 5.57 Å². The van der Waals surface area contributed by atoms with Crippen molar-refractivity contribution in [2.75, 3.05) is 18.6 Å². The Labute approximate surface area is 191 Å². The lowest BCUT2D eigenvalue weighted by atomic mass is 10.1. The molecular formula is C26H23NO4S. The first-order chi connectivity index (χ1) is 15.6. The summed E-state index contributed by atoms with van der Waals surface area (Å²) >= 11 is 1.37. The second-order valence-corrected chi connectivity index (χ2v) is 8.04. The van der Waals surface area contributed by atoms with E-state index in [0.29, 0.717) is 45.6 Å². The third-order valence-electron chi connectivity index (χ3n) is 5.05. The third kappa shape index (κ3) is 4.27. The number of para-hydroxylation sites is 2. The Morgan fingerprint density at radius 2 is 1.53 bits per heavy atom. The molecule has 0 saturated carbocycles. The number of carbonyl (C=O) groups is 2. The van der Waals surface area contributed by atoms with E-state index in [-0.39, 0.29) is 11.8 Å². The number of ether oxygens (including phenoxy) is 2. The average Bonchev–Trinajstić information content (AvgIpc) is 3.08. The van der Waals surface area contributed by atoms with Crippen molar-refractivity contribution in [2.24, 2.45) is 0 Å². The van der Waals surface area contributed by atoms with E-state index in [4.69, 9.17) is 9.47 Å². The van der Waals surface area contributed by atoms with E-state index in [1.165, 1.54) is 23.8 Å². The molecule has 0 radical (unpaired) electrons. The summed E-state index contributed by atoms with van der Waals surface area (Å²) in [6.45, 7) is 2.47. The number of methoxy groups -OCH3 is 1. The van der Waals surface area contributed by atoms with E-state index < -0.39 is 0 Å². The van der Waals surface area contributed by atoms with Gasteiger partial charge in [0.05, 0.1) is 29.9 Å². The van der Waals surface area contributed by atoms with Crippen LogP contribution in [0.5, 0.6) is 11.5 Å². The monoisotopic (exact) mass is 445 g/mol. The molecule has 0 aliphatic carbocycles. The number of carbonyl (C=O) groups excluding carboxylic acids is 2. The molecule has 0 unspecified atom stereocenters. The van der Waals surface area contributed by atoms with Crippen LogP contribution >= 0.6 is 11.8 Å². The molecule has 3 aromatic carbocycles. The molecule has 0 atom stereocenters. The lowest BCUT2D eigenvalue weighted by molar-refractivity contribution is -0.119. The van der Waals surface area contributed by atoms with Gasteiger partial charge in [-0.1, -0.05) is 54.6 Å². The Balaban J connectivity index is 1.74. The van der Waals surface area contributed by atoms with E-state index in [1.54, 1.807) is 24.3 Å². The smallest absolute Gasteiger partial charge is 0.272 e. The fourth-order valence-electron chi connectivity index (χ4n) is 3.55. The van der Waals surface area contributed by atoms with Crippen molar-refractivity contribution in [1.29, 1.82) is 0 Å². The Bertz CT molecular complexity index is 1160. The number of imide groups is 1. The van der Waals surface area contributed by atoms with Gasteiger partial charge in [-0.05, 0) is 42.3 Å². The summed E-state index contributed by atoms with van der Waals surface area (Å²) in [4.78, 5) is 28.7. The minimum absolute atomic E-state index is 0.343. The molecule has 0 N–H and O–H groups in total. The highest BCUT2D eigenvalue weighted by Gasteiger charge is 2.41. The van der Waals surface area contributed by atoms with Crippen LogP contribution in [0.3, 0.4) is 0 Å². The normalized spacial score (nSPS) is 13.6. The number of anilines is 1. The maximum absolute atomic E-state index is 13.6. The van der Waals surface area contributed by atoms with Gasteiger partial charge in [0.2, 0.25) is 0 Å². The summed E-state index contributed by atoms with van der Waals surface area (Å²) in [5, 5.41) is 0. The zero-order chi connectivity index (χ0) is 22.5. The second-order valence-electron chi connectivity index (χ2n) is 7.05. The van der Waals surface area contributed by atoms with Gasteiger partial charge in [-0.25, -0.2) is 4.90 Å².